The van der Waals surface area contributed by atoms with Gasteiger partial charge in [0.05, 0.1) is 30.9 Å². The van der Waals surface area contributed by atoms with E-state index in [-0.39, 0.29) is 18.2 Å². The van der Waals surface area contributed by atoms with E-state index in [0.717, 1.165) is 46.4 Å². The third-order valence-corrected chi connectivity index (χ3v) is 7.66. The Morgan fingerprint density at radius 3 is 2.77 bits per heavy atom. The number of hydrogen-bond donors (Lipinski definition) is 2. The van der Waals surface area contributed by atoms with Gasteiger partial charge in [-0.05, 0) is 71.1 Å². The number of rotatable bonds is 5. The number of fused-ring (bicyclic) bond motifs is 3. The van der Waals surface area contributed by atoms with Gasteiger partial charge in [-0.1, -0.05) is 12.1 Å². The highest BCUT2D eigenvalue weighted by Gasteiger charge is 2.41. The average molecular weight is 529 g/mol. The van der Waals surface area contributed by atoms with E-state index < -0.39 is 17.2 Å². The van der Waals surface area contributed by atoms with Gasteiger partial charge in [-0.2, -0.15) is 5.26 Å². The molecule has 1 atom stereocenters. The molecule has 3 aliphatic heterocycles. The summed E-state index contributed by atoms with van der Waals surface area (Å²) in [5.74, 6) is 0.876. The van der Waals surface area contributed by atoms with Gasteiger partial charge in [-0.15, -0.1) is 0 Å². The maximum absolute atomic E-state index is 13.3. The molecule has 2 amide bonds. The Hall–Kier alpha value is -3.86. The summed E-state index contributed by atoms with van der Waals surface area (Å²) in [5, 5.41) is 15.5. The van der Waals surface area contributed by atoms with Crippen molar-refractivity contribution in [2.45, 2.75) is 83.4 Å². The predicted molar refractivity (Wildman–Crippen MR) is 149 cm³/mol. The van der Waals surface area contributed by atoms with Crippen LogP contribution in [0.5, 0.6) is 11.5 Å². The molecule has 1 saturated heterocycles. The second kappa shape index (κ2) is 10.0. The molecule has 0 aliphatic carbocycles. The number of nitrogens with zero attached hydrogens (tertiary/aromatic N) is 2. The smallest absolute Gasteiger partial charge is 0.251 e. The number of carbonyl (C=O) groups excluding carboxylic acids is 2. The Labute approximate surface area is 229 Å². The molecule has 2 aromatic carbocycles. The molecule has 8 nitrogen and oxygen atoms in total. The molecule has 204 valence electrons. The Balaban J connectivity index is 1.61. The van der Waals surface area contributed by atoms with Gasteiger partial charge in [0.25, 0.3) is 5.91 Å². The van der Waals surface area contributed by atoms with Crippen molar-refractivity contribution in [3.63, 3.8) is 0 Å². The van der Waals surface area contributed by atoms with Crippen molar-refractivity contribution in [1.82, 2.24) is 10.6 Å². The van der Waals surface area contributed by atoms with Crippen LogP contribution in [0.25, 0.3) is 0 Å². The van der Waals surface area contributed by atoms with Crippen LogP contribution in [-0.2, 0) is 24.1 Å². The summed E-state index contributed by atoms with van der Waals surface area (Å²) in [5.41, 5.74) is 5.06. The number of hydrogen-bond acceptors (Lipinski definition) is 6. The van der Waals surface area contributed by atoms with Crippen molar-refractivity contribution in [3.8, 4) is 17.6 Å². The van der Waals surface area contributed by atoms with E-state index in [1.54, 1.807) is 13.2 Å². The molecule has 1 unspecified atom stereocenters. The largest absolute Gasteiger partial charge is 0.493 e. The van der Waals surface area contributed by atoms with Crippen molar-refractivity contribution in [2.24, 2.45) is 4.99 Å². The number of benzene rings is 2. The van der Waals surface area contributed by atoms with Gasteiger partial charge in [-0.25, -0.2) is 0 Å². The van der Waals surface area contributed by atoms with Crippen LogP contribution in [0.4, 0.5) is 0 Å². The summed E-state index contributed by atoms with van der Waals surface area (Å²) in [6, 6.07) is 9.18. The molecule has 2 aromatic rings. The normalized spacial score (nSPS) is 20.8. The molecule has 0 aromatic heterocycles. The maximum atomic E-state index is 13.3. The van der Waals surface area contributed by atoms with Crippen molar-refractivity contribution < 1.29 is 19.1 Å². The lowest BCUT2D eigenvalue weighted by Crippen LogP contribution is -2.45. The zero-order valence-electron chi connectivity index (χ0n) is 23.4. The number of methoxy groups -OCH3 is 1. The van der Waals surface area contributed by atoms with E-state index >= 15 is 0 Å². The molecule has 0 bridgehead atoms. The summed E-state index contributed by atoms with van der Waals surface area (Å²) in [4.78, 5) is 30.9. The van der Waals surface area contributed by atoms with E-state index in [9.17, 15) is 14.9 Å². The van der Waals surface area contributed by atoms with E-state index in [0.29, 0.717) is 42.9 Å². The third kappa shape index (κ3) is 5.10. The van der Waals surface area contributed by atoms with Crippen molar-refractivity contribution in [3.05, 3.63) is 57.6 Å². The van der Waals surface area contributed by atoms with Crippen LogP contribution in [0, 0.1) is 11.3 Å². The molecule has 0 spiro atoms. The van der Waals surface area contributed by atoms with E-state index in [1.807, 2.05) is 32.0 Å². The number of aliphatic imine (C=N–C) groups is 1. The lowest BCUT2D eigenvalue weighted by molar-refractivity contribution is -0.122. The van der Waals surface area contributed by atoms with Crippen LogP contribution < -0.4 is 20.1 Å². The fourth-order valence-corrected chi connectivity index (χ4v) is 6.00. The minimum absolute atomic E-state index is 0.138. The first kappa shape index (κ1) is 26.7. The molecule has 3 aliphatic rings. The molecule has 39 heavy (non-hydrogen) atoms. The number of nitrogens with one attached hydrogen (secondary N) is 2. The highest BCUT2D eigenvalue weighted by molar-refractivity contribution is 6.17. The van der Waals surface area contributed by atoms with Crippen molar-refractivity contribution in [2.75, 3.05) is 13.7 Å². The zero-order chi connectivity index (χ0) is 27.9. The summed E-state index contributed by atoms with van der Waals surface area (Å²) in [7, 11) is 1.62. The first-order chi connectivity index (χ1) is 18.5. The van der Waals surface area contributed by atoms with Gasteiger partial charge in [0, 0.05) is 40.8 Å². The van der Waals surface area contributed by atoms with Crippen LogP contribution in [0.15, 0.2) is 29.3 Å². The first-order valence-electron chi connectivity index (χ1n) is 13.6. The Morgan fingerprint density at radius 1 is 1.23 bits per heavy atom. The van der Waals surface area contributed by atoms with Gasteiger partial charge >= 0.3 is 0 Å². The second-order valence-corrected chi connectivity index (χ2v) is 11.9. The molecule has 1 fully saturated rings. The minimum Gasteiger partial charge on any atom is -0.493 e. The lowest BCUT2D eigenvalue weighted by Gasteiger charge is -2.33. The van der Waals surface area contributed by atoms with Gasteiger partial charge in [0.1, 0.15) is 11.6 Å². The van der Waals surface area contributed by atoms with Crippen LogP contribution in [0.3, 0.4) is 0 Å². The second-order valence-electron chi connectivity index (χ2n) is 11.9. The van der Waals surface area contributed by atoms with Crippen molar-refractivity contribution in [1.29, 1.82) is 5.26 Å². The first-order valence-corrected chi connectivity index (χ1v) is 13.6. The Bertz CT molecular complexity index is 1420. The standard InChI is InChI=1S/C31H36N4O4/c1-30(2)16-21-20(12-13-32)26(38-5)27-22(17-31(3,4)39-27)24(21)25(35-30)18-9-8-10-19(15-18)28(36)34-23-11-6-7-14-33-29(23)37/h8-10,15,23H,6-7,11-12,14,16-17H2,1-5H3,(H,33,37)(H,34,36). The molecular weight excluding hydrogens is 492 g/mol. The average Bonchev–Trinajstić information content (AvgIpc) is 3.07. The third-order valence-electron chi connectivity index (χ3n) is 7.66. The fourth-order valence-electron chi connectivity index (χ4n) is 6.00. The molecule has 5 rings (SSSR count). The molecule has 0 saturated carbocycles. The quantitative estimate of drug-likeness (QED) is 0.608. The fraction of sp³-hybridized carbons (Fsp3) is 0.484. The molecule has 3 heterocycles. The topological polar surface area (TPSA) is 113 Å². The molecule has 2 N–H and O–H groups in total. The Kier molecular flexibility index (Phi) is 6.88. The van der Waals surface area contributed by atoms with Crippen LogP contribution >= 0.6 is 0 Å². The maximum Gasteiger partial charge on any atom is 0.251 e. The predicted octanol–water partition coefficient (Wildman–Crippen LogP) is 4.05. The highest BCUT2D eigenvalue weighted by Crippen LogP contribution is 2.50. The highest BCUT2D eigenvalue weighted by atomic mass is 16.5. The lowest BCUT2D eigenvalue weighted by atomic mass is 9.78. The van der Waals surface area contributed by atoms with Gasteiger partial charge in [0.15, 0.2) is 11.5 Å². The van der Waals surface area contributed by atoms with Gasteiger partial charge in [0.2, 0.25) is 5.91 Å². The zero-order valence-corrected chi connectivity index (χ0v) is 23.4. The monoisotopic (exact) mass is 528 g/mol. The van der Waals surface area contributed by atoms with E-state index in [2.05, 4.69) is 30.6 Å². The SMILES string of the molecule is COc1c(CC#N)c2c(c3c1OC(C)(C)C3)C(c1cccc(C(=O)NC3CCCCNC3=O)c1)=NC(C)(C)C2. The van der Waals surface area contributed by atoms with E-state index in [1.165, 1.54) is 0 Å². The van der Waals surface area contributed by atoms with Gasteiger partial charge < -0.3 is 20.1 Å². The molecule has 0 radical (unpaired) electrons. The van der Waals surface area contributed by atoms with Crippen molar-refractivity contribution >= 4 is 17.5 Å². The summed E-state index contributed by atoms with van der Waals surface area (Å²) >= 11 is 0. The van der Waals surface area contributed by atoms with E-state index in [4.69, 9.17) is 14.5 Å². The number of ether oxygens (including phenoxy) is 2. The van der Waals surface area contributed by atoms with Crippen LogP contribution in [0.2, 0.25) is 0 Å². The number of amides is 2. The minimum atomic E-state index is -0.543. The summed E-state index contributed by atoms with van der Waals surface area (Å²) in [6.07, 6.45) is 3.93. The van der Waals surface area contributed by atoms with Crippen LogP contribution in [-0.4, -0.2) is 48.4 Å². The molecule has 8 heteroatoms. The molecular formula is C31H36N4O4. The number of nitriles is 1. The summed E-state index contributed by atoms with van der Waals surface area (Å²) < 4.78 is 12.2. The van der Waals surface area contributed by atoms with Gasteiger partial charge in [-0.3, -0.25) is 14.6 Å². The Morgan fingerprint density at radius 2 is 2.03 bits per heavy atom. The number of carbonyl (C=O) groups is 2. The van der Waals surface area contributed by atoms with Crippen LogP contribution in [0.1, 0.15) is 85.1 Å². The summed E-state index contributed by atoms with van der Waals surface area (Å²) in [6.45, 7) is 8.88.